The van der Waals surface area contributed by atoms with Crippen LogP contribution in [0.1, 0.15) is 12.5 Å². The minimum absolute atomic E-state index is 0.659. The van der Waals surface area contributed by atoms with Crippen LogP contribution in [-0.2, 0) is 6.42 Å². The van der Waals surface area contributed by atoms with E-state index in [0.29, 0.717) is 9.79 Å². The van der Waals surface area contributed by atoms with Crippen molar-refractivity contribution < 1.29 is 0 Å². The molecule has 1 N–H and O–H groups in total. The van der Waals surface area contributed by atoms with Gasteiger partial charge in [-0.05, 0) is 48.0 Å². The highest BCUT2D eigenvalue weighted by molar-refractivity contribution is 7.71. The molecule has 0 radical (unpaired) electrons. The standard InChI is InChI=1S/C17H15ClN2S/c1-2-12-6-8-13(9-7-12)16-11-20(17(21)19-16)15-5-3-4-14(18)10-15/h3-11H,2H2,1H3,(H,19,21). The highest BCUT2D eigenvalue weighted by Crippen LogP contribution is 2.22. The number of aromatic amines is 1. The van der Waals surface area contributed by atoms with Crippen LogP contribution in [0, 0.1) is 4.77 Å². The van der Waals surface area contributed by atoms with E-state index in [2.05, 4.69) is 36.2 Å². The molecule has 21 heavy (non-hydrogen) atoms. The third kappa shape index (κ3) is 2.94. The molecule has 1 heterocycles. The first-order valence-corrected chi connectivity index (χ1v) is 7.63. The van der Waals surface area contributed by atoms with E-state index in [1.165, 1.54) is 5.56 Å². The van der Waals surface area contributed by atoms with Crippen molar-refractivity contribution in [3.8, 4) is 16.9 Å². The molecule has 3 aromatic rings. The Morgan fingerprint density at radius 2 is 1.90 bits per heavy atom. The molecule has 0 saturated heterocycles. The second-order valence-electron chi connectivity index (χ2n) is 4.87. The lowest BCUT2D eigenvalue weighted by Crippen LogP contribution is -1.91. The molecule has 0 atom stereocenters. The Hall–Kier alpha value is -1.84. The fourth-order valence-electron chi connectivity index (χ4n) is 2.28. The van der Waals surface area contributed by atoms with Crippen molar-refractivity contribution in [3.63, 3.8) is 0 Å². The summed E-state index contributed by atoms with van der Waals surface area (Å²) < 4.78 is 2.59. The SMILES string of the molecule is CCc1ccc(-c2cn(-c3cccc(Cl)c3)c(=S)[nH]2)cc1. The van der Waals surface area contributed by atoms with Crippen molar-refractivity contribution in [1.82, 2.24) is 9.55 Å². The summed E-state index contributed by atoms with van der Waals surface area (Å²) in [4.78, 5) is 3.25. The summed E-state index contributed by atoms with van der Waals surface area (Å²) in [6.07, 6.45) is 3.05. The van der Waals surface area contributed by atoms with Crippen molar-refractivity contribution in [2.75, 3.05) is 0 Å². The van der Waals surface area contributed by atoms with Gasteiger partial charge < -0.3 is 4.98 Å². The minimum Gasteiger partial charge on any atom is -0.330 e. The maximum absolute atomic E-state index is 6.05. The first-order chi connectivity index (χ1) is 10.2. The van der Waals surface area contributed by atoms with E-state index in [4.69, 9.17) is 23.8 Å². The zero-order valence-corrected chi connectivity index (χ0v) is 13.2. The molecule has 1 aromatic heterocycles. The second kappa shape index (κ2) is 5.88. The lowest BCUT2D eigenvalue weighted by Gasteiger charge is -2.02. The molecular weight excluding hydrogens is 300 g/mol. The van der Waals surface area contributed by atoms with Gasteiger partial charge in [-0.3, -0.25) is 4.57 Å². The van der Waals surface area contributed by atoms with Gasteiger partial charge in [-0.15, -0.1) is 0 Å². The molecule has 2 aromatic carbocycles. The fourth-order valence-corrected chi connectivity index (χ4v) is 2.73. The van der Waals surface area contributed by atoms with Gasteiger partial charge in [-0.2, -0.15) is 0 Å². The summed E-state index contributed by atoms with van der Waals surface area (Å²) in [5, 5.41) is 0.699. The van der Waals surface area contributed by atoms with Crippen LogP contribution in [0.25, 0.3) is 16.9 Å². The first kappa shape index (κ1) is 14.1. The average Bonchev–Trinajstić information content (AvgIpc) is 2.89. The van der Waals surface area contributed by atoms with Crippen LogP contribution in [0.4, 0.5) is 0 Å². The van der Waals surface area contributed by atoms with Gasteiger partial charge in [0, 0.05) is 16.9 Å². The average molecular weight is 315 g/mol. The van der Waals surface area contributed by atoms with Gasteiger partial charge in [0.25, 0.3) is 0 Å². The number of imidazole rings is 1. The van der Waals surface area contributed by atoms with Gasteiger partial charge in [0.2, 0.25) is 0 Å². The molecule has 0 aliphatic heterocycles. The molecule has 0 fully saturated rings. The molecule has 3 rings (SSSR count). The number of nitrogens with one attached hydrogen (secondary N) is 1. The molecule has 4 heteroatoms. The highest BCUT2D eigenvalue weighted by Gasteiger charge is 2.05. The van der Waals surface area contributed by atoms with Crippen molar-refractivity contribution in [3.05, 3.63) is 70.1 Å². The number of halogens is 1. The molecule has 0 amide bonds. The summed E-state index contributed by atoms with van der Waals surface area (Å²) in [5.74, 6) is 0. The van der Waals surface area contributed by atoms with Crippen LogP contribution in [0.2, 0.25) is 5.02 Å². The van der Waals surface area contributed by atoms with E-state index < -0.39 is 0 Å². The van der Waals surface area contributed by atoms with E-state index in [-0.39, 0.29) is 0 Å². The van der Waals surface area contributed by atoms with Gasteiger partial charge in [-0.1, -0.05) is 48.9 Å². The maximum atomic E-state index is 6.05. The zero-order chi connectivity index (χ0) is 14.8. The third-order valence-corrected chi connectivity index (χ3v) is 4.01. The van der Waals surface area contributed by atoms with E-state index in [1.807, 2.05) is 35.0 Å². The summed E-state index contributed by atoms with van der Waals surface area (Å²) in [7, 11) is 0. The van der Waals surface area contributed by atoms with Gasteiger partial charge in [0.15, 0.2) is 4.77 Å². The predicted molar refractivity (Wildman–Crippen MR) is 90.8 cm³/mol. The number of benzene rings is 2. The zero-order valence-electron chi connectivity index (χ0n) is 11.6. The smallest absolute Gasteiger partial charge is 0.182 e. The summed E-state index contributed by atoms with van der Waals surface area (Å²) in [5.41, 5.74) is 4.41. The second-order valence-corrected chi connectivity index (χ2v) is 5.70. The van der Waals surface area contributed by atoms with Crippen LogP contribution >= 0.6 is 23.8 Å². The Kier molecular flexibility index (Phi) is 3.95. The molecule has 0 aliphatic carbocycles. The summed E-state index contributed by atoms with van der Waals surface area (Å²) in [6.45, 7) is 2.15. The predicted octanol–water partition coefficient (Wildman–Crippen LogP) is 5.42. The lowest BCUT2D eigenvalue weighted by molar-refractivity contribution is 1.03. The largest absolute Gasteiger partial charge is 0.330 e. The molecule has 0 bridgehead atoms. The van der Waals surface area contributed by atoms with Crippen LogP contribution in [0.5, 0.6) is 0 Å². The maximum Gasteiger partial charge on any atom is 0.182 e. The molecule has 0 spiro atoms. The Morgan fingerprint density at radius 1 is 1.14 bits per heavy atom. The Morgan fingerprint density at radius 3 is 2.57 bits per heavy atom. The van der Waals surface area contributed by atoms with E-state index in [9.17, 15) is 0 Å². The van der Waals surface area contributed by atoms with E-state index in [1.54, 1.807) is 0 Å². The van der Waals surface area contributed by atoms with E-state index >= 15 is 0 Å². The van der Waals surface area contributed by atoms with Crippen LogP contribution in [0.3, 0.4) is 0 Å². The molecule has 0 aliphatic rings. The van der Waals surface area contributed by atoms with E-state index in [0.717, 1.165) is 23.4 Å². The normalized spacial score (nSPS) is 10.8. The molecule has 2 nitrogen and oxygen atoms in total. The number of hydrogen-bond donors (Lipinski definition) is 1. The van der Waals surface area contributed by atoms with Gasteiger partial charge in [0.1, 0.15) is 0 Å². The summed E-state index contributed by atoms with van der Waals surface area (Å²) >= 11 is 11.5. The number of H-pyrrole nitrogens is 1. The van der Waals surface area contributed by atoms with Crippen molar-refractivity contribution in [2.45, 2.75) is 13.3 Å². The molecular formula is C17H15ClN2S. The first-order valence-electron chi connectivity index (χ1n) is 6.84. The van der Waals surface area contributed by atoms with Gasteiger partial charge in [-0.25, -0.2) is 0 Å². The lowest BCUT2D eigenvalue weighted by atomic mass is 10.1. The molecule has 0 saturated carbocycles. The Bertz CT molecular complexity index is 815. The highest BCUT2D eigenvalue weighted by atomic mass is 35.5. The topological polar surface area (TPSA) is 20.7 Å². The number of rotatable bonds is 3. The van der Waals surface area contributed by atoms with Crippen molar-refractivity contribution in [2.24, 2.45) is 0 Å². The Labute approximate surface area is 134 Å². The van der Waals surface area contributed by atoms with Gasteiger partial charge in [0.05, 0.1) is 5.69 Å². The van der Waals surface area contributed by atoms with Gasteiger partial charge >= 0.3 is 0 Å². The quantitative estimate of drug-likeness (QED) is 0.640. The van der Waals surface area contributed by atoms with Crippen LogP contribution in [0.15, 0.2) is 54.7 Å². The number of nitrogens with zero attached hydrogens (tertiary/aromatic N) is 1. The molecule has 0 unspecified atom stereocenters. The van der Waals surface area contributed by atoms with Crippen molar-refractivity contribution in [1.29, 1.82) is 0 Å². The number of hydrogen-bond acceptors (Lipinski definition) is 1. The van der Waals surface area contributed by atoms with Crippen LogP contribution in [-0.4, -0.2) is 9.55 Å². The minimum atomic E-state index is 0.659. The monoisotopic (exact) mass is 314 g/mol. The van der Waals surface area contributed by atoms with Crippen LogP contribution < -0.4 is 0 Å². The number of aryl methyl sites for hydroxylation is 1. The summed E-state index contributed by atoms with van der Waals surface area (Å²) in [6, 6.07) is 16.2. The number of aromatic nitrogens is 2. The molecule has 106 valence electrons. The third-order valence-electron chi connectivity index (χ3n) is 3.48. The Balaban J connectivity index is 2.03. The van der Waals surface area contributed by atoms with Crippen molar-refractivity contribution >= 4 is 23.8 Å². The fraction of sp³-hybridized carbons (Fsp3) is 0.118.